The lowest BCUT2D eigenvalue weighted by Crippen LogP contribution is -2.32. The number of nitrogens with two attached hydrogens (primary N) is 1. The van der Waals surface area contributed by atoms with Crippen molar-refractivity contribution in [2.45, 2.75) is 6.04 Å². The van der Waals surface area contributed by atoms with Gasteiger partial charge in [0.05, 0.1) is 0 Å². The molecule has 1 atom stereocenters. The van der Waals surface area contributed by atoms with Crippen LogP contribution in [0.15, 0.2) is 30.3 Å². The van der Waals surface area contributed by atoms with E-state index in [9.17, 15) is 9.59 Å². The van der Waals surface area contributed by atoms with E-state index >= 15 is 0 Å². The van der Waals surface area contributed by atoms with E-state index in [1.54, 1.807) is 24.3 Å². The van der Waals surface area contributed by atoms with E-state index in [4.69, 9.17) is 5.73 Å². The second kappa shape index (κ2) is 4.37. The second-order valence-electron chi connectivity index (χ2n) is 2.51. The monoisotopic (exact) mass is 178 g/mol. The topological polar surface area (TPSA) is 72.2 Å². The van der Waals surface area contributed by atoms with E-state index in [2.05, 4.69) is 0 Å². The Morgan fingerprint density at radius 1 is 1.38 bits per heavy atom. The SMILES string of the molecule is NC(C(=O)NC=O)c1ccccc1. The van der Waals surface area contributed by atoms with Crippen molar-refractivity contribution in [2.75, 3.05) is 0 Å². The predicted octanol–water partition coefficient (Wildman–Crippen LogP) is -0.0410. The number of rotatable bonds is 3. The van der Waals surface area contributed by atoms with Crippen LogP contribution in [0.3, 0.4) is 0 Å². The van der Waals surface area contributed by atoms with Crippen LogP contribution in [0.1, 0.15) is 11.6 Å². The first-order chi connectivity index (χ1) is 6.25. The molecule has 0 bridgehead atoms. The van der Waals surface area contributed by atoms with Gasteiger partial charge in [-0.25, -0.2) is 0 Å². The first-order valence-electron chi connectivity index (χ1n) is 3.80. The molecule has 1 rings (SSSR count). The number of hydrogen-bond acceptors (Lipinski definition) is 3. The largest absolute Gasteiger partial charge is 0.316 e. The highest BCUT2D eigenvalue weighted by Crippen LogP contribution is 2.08. The van der Waals surface area contributed by atoms with Crippen molar-refractivity contribution in [1.82, 2.24) is 5.32 Å². The molecular formula is C9H10N2O2. The van der Waals surface area contributed by atoms with E-state index in [0.717, 1.165) is 0 Å². The summed E-state index contributed by atoms with van der Waals surface area (Å²) in [4.78, 5) is 21.0. The van der Waals surface area contributed by atoms with Crippen molar-refractivity contribution < 1.29 is 9.59 Å². The quantitative estimate of drug-likeness (QED) is 0.638. The molecule has 0 aliphatic heterocycles. The molecule has 1 unspecified atom stereocenters. The van der Waals surface area contributed by atoms with Crippen molar-refractivity contribution in [3.63, 3.8) is 0 Å². The normalized spacial score (nSPS) is 11.8. The minimum absolute atomic E-state index is 0.325. The smallest absolute Gasteiger partial charge is 0.247 e. The second-order valence-corrected chi connectivity index (χ2v) is 2.51. The highest BCUT2D eigenvalue weighted by atomic mass is 16.2. The number of imide groups is 1. The van der Waals surface area contributed by atoms with Gasteiger partial charge in [-0.15, -0.1) is 0 Å². The molecule has 1 aromatic rings. The third-order valence-electron chi connectivity index (χ3n) is 1.64. The molecule has 0 aliphatic rings. The maximum Gasteiger partial charge on any atom is 0.247 e. The van der Waals surface area contributed by atoms with Crippen LogP contribution in [0.25, 0.3) is 0 Å². The van der Waals surface area contributed by atoms with Gasteiger partial charge in [-0.05, 0) is 5.56 Å². The van der Waals surface area contributed by atoms with Crippen LogP contribution in [-0.4, -0.2) is 12.3 Å². The third-order valence-corrected chi connectivity index (χ3v) is 1.64. The van der Waals surface area contributed by atoms with E-state index < -0.39 is 11.9 Å². The lowest BCUT2D eigenvalue weighted by Gasteiger charge is -2.08. The molecule has 0 heterocycles. The molecule has 0 spiro atoms. The van der Waals surface area contributed by atoms with Crippen molar-refractivity contribution in [1.29, 1.82) is 0 Å². The summed E-state index contributed by atoms with van der Waals surface area (Å²) in [6.45, 7) is 0. The third kappa shape index (κ3) is 2.38. The van der Waals surface area contributed by atoms with Gasteiger partial charge in [-0.3, -0.25) is 14.9 Å². The molecular weight excluding hydrogens is 168 g/mol. The van der Waals surface area contributed by atoms with Gasteiger partial charge in [-0.1, -0.05) is 30.3 Å². The molecule has 13 heavy (non-hydrogen) atoms. The Morgan fingerprint density at radius 3 is 2.54 bits per heavy atom. The highest BCUT2D eigenvalue weighted by molar-refractivity contribution is 5.90. The summed E-state index contributed by atoms with van der Waals surface area (Å²) < 4.78 is 0. The summed E-state index contributed by atoms with van der Waals surface area (Å²) in [5.41, 5.74) is 6.24. The Hall–Kier alpha value is -1.68. The van der Waals surface area contributed by atoms with Gasteiger partial charge in [0.1, 0.15) is 6.04 Å². The Labute approximate surface area is 75.7 Å². The molecule has 2 amide bonds. The number of benzene rings is 1. The van der Waals surface area contributed by atoms with Crippen LogP contribution in [0.4, 0.5) is 0 Å². The van der Waals surface area contributed by atoms with Crippen LogP contribution in [-0.2, 0) is 9.59 Å². The number of amides is 2. The molecule has 0 aromatic heterocycles. The number of nitrogens with one attached hydrogen (secondary N) is 1. The number of carbonyl (C=O) groups excluding carboxylic acids is 2. The molecule has 4 nitrogen and oxygen atoms in total. The summed E-state index contributed by atoms with van der Waals surface area (Å²) in [5.74, 6) is -0.499. The lowest BCUT2D eigenvalue weighted by molar-refractivity contribution is -0.126. The fraction of sp³-hybridized carbons (Fsp3) is 0.111. The van der Waals surface area contributed by atoms with Crippen LogP contribution < -0.4 is 11.1 Å². The first-order valence-corrected chi connectivity index (χ1v) is 3.80. The average Bonchev–Trinajstić information content (AvgIpc) is 2.18. The van der Waals surface area contributed by atoms with Crippen molar-refractivity contribution in [3.05, 3.63) is 35.9 Å². The van der Waals surface area contributed by atoms with Crippen LogP contribution in [0, 0.1) is 0 Å². The summed E-state index contributed by atoms with van der Waals surface area (Å²) >= 11 is 0. The fourth-order valence-electron chi connectivity index (χ4n) is 0.960. The van der Waals surface area contributed by atoms with Crippen molar-refractivity contribution >= 4 is 12.3 Å². The molecule has 1 aromatic carbocycles. The minimum Gasteiger partial charge on any atom is -0.316 e. The van der Waals surface area contributed by atoms with E-state index in [1.807, 2.05) is 11.4 Å². The first kappa shape index (κ1) is 9.41. The lowest BCUT2D eigenvalue weighted by atomic mass is 10.1. The van der Waals surface area contributed by atoms with Gasteiger partial charge >= 0.3 is 0 Å². The van der Waals surface area contributed by atoms with Crippen LogP contribution in [0.2, 0.25) is 0 Å². The summed E-state index contributed by atoms with van der Waals surface area (Å²) in [7, 11) is 0. The van der Waals surface area contributed by atoms with Gasteiger partial charge in [0.2, 0.25) is 12.3 Å². The number of hydrogen-bond donors (Lipinski definition) is 2. The van der Waals surface area contributed by atoms with Crippen molar-refractivity contribution in [2.24, 2.45) is 5.73 Å². The molecule has 0 fully saturated rings. The van der Waals surface area contributed by atoms with E-state index in [-0.39, 0.29) is 0 Å². The molecule has 3 N–H and O–H groups in total. The van der Waals surface area contributed by atoms with Crippen molar-refractivity contribution in [3.8, 4) is 0 Å². The van der Waals surface area contributed by atoms with Gasteiger partial charge in [-0.2, -0.15) is 0 Å². The Morgan fingerprint density at radius 2 is 2.00 bits per heavy atom. The van der Waals surface area contributed by atoms with Gasteiger partial charge in [0, 0.05) is 0 Å². The van der Waals surface area contributed by atoms with Gasteiger partial charge < -0.3 is 5.73 Å². The molecule has 0 aliphatic carbocycles. The summed E-state index contributed by atoms with van der Waals surface area (Å²) in [6.07, 6.45) is 0.325. The minimum atomic E-state index is -0.786. The maximum absolute atomic E-state index is 11.1. The fourth-order valence-corrected chi connectivity index (χ4v) is 0.960. The van der Waals surface area contributed by atoms with E-state index in [0.29, 0.717) is 12.0 Å². The standard InChI is InChI=1S/C9H10N2O2/c10-8(9(13)11-6-12)7-4-2-1-3-5-7/h1-6,8H,10H2,(H,11,12,13). The summed E-state index contributed by atoms with van der Waals surface area (Å²) in [5, 5.41) is 2.00. The Balaban J connectivity index is 2.73. The molecule has 0 radical (unpaired) electrons. The average molecular weight is 178 g/mol. The predicted molar refractivity (Wildman–Crippen MR) is 47.6 cm³/mol. The van der Waals surface area contributed by atoms with Gasteiger partial charge in [0.15, 0.2) is 0 Å². The Bertz CT molecular complexity index is 298. The zero-order valence-corrected chi connectivity index (χ0v) is 6.94. The Kier molecular flexibility index (Phi) is 3.16. The van der Waals surface area contributed by atoms with E-state index in [1.165, 1.54) is 0 Å². The zero-order chi connectivity index (χ0) is 9.68. The maximum atomic E-state index is 11.1. The van der Waals surface area contributed by atoms with Crippen LogP contribution >= 0.6 is 0 Å². The van der Waals surface area contributed by atoms with Crippen LogP contribution in [0.5, 0.6) is 0 Å². The molecule has 68 valence electrons. The summed E-state index contributed by atoms with van der Waals surface area (Å²) in [6, 6.07) is 8.07. The molecule has 0 saturated heterocycles. The molecule has 0 saturated carbocycles. The van der Waals surface area contributed by atoms with Gasteiger partial charge in [0.25, 0.3) is 0 Å². The zero-order valence-electron chi connectivity index (χ0n) is 6.94. The molecule has 4 heteroatoms. The number of carbonyl (C=O) groups is 2. The highest BCUT2D eigenvalue weighted by Gasteiger charge is 2.13.